The van der Waals surface area contributed by atoms with Crippen LogP contribution in [-0.2, 0) is 28.7 Å². The van der Waals surface area contributed by atoms with Gasteiger partial charge in [0.25, 0.3) is 17.6 Å². The van der Waals surface area contributed by atoms with Crippen LogP contribution in [0, 0.1) is 5.92 Å². The highest BCUT2D eigenvalue weighted by Crippen LogP contribution is 2.32. The molecule has 1 unspecified atom stereocenters. The second kappa shape index (κ2) is 10.2. The van der Waals surface area contributed by atoms with Gasteiger partial charge in [-0.15, -0.1) is 0 Å². The third-order valence-corrected chi connectivity index (χ3v) is 5.54. The van der Waals surface area contributed by atoms with Crippen molar-refractivity contribution >= 4 is 76.0 Å². The summed E-state index contributed by atoms with van der Waals surface area (Å²) in [6.45, 7) is 3.63. The van der Waals surface area contributed by atoms with Gasteiger partial charge in [-0.05, 0) is 32.9 Å². The molecule has 196 valence electrons. The van der Waals surface area contributed by atoms with Crippen LogP contribution >= 0.6 is 34.8 Å². The number of benzene rings is 1. The summed E-state index contributed by atoms with van der Waals surface area (Å²) in [4.78, 5) is 80.5. The Hall–Kier alpha value is -3.31. The van der Waals surface area contributed by atoms with Crippen molar-refractivity contribution in [3.8, 4) is 0 Å². The first-order chi connectivity index (χ1) is 17.1. The maximum atomic E-state index is 13.3. The molecule has 3 atom stereocenters. The molecule has 37 heavy (non-hydrogen) atoms. The molecule has 3 rings (SSSR count). The highest BCUT2D eigenvalue weighted by Gasteiger charge is 2.60. The Labute approximate surface area is 224 Å². The van der Waals surface area contributed by atoms with Crippen molar-refractivity contribution in [1.29, 1.82) is 0 Å². The van der Waals surface area contributed by atoms with Crippen LogP contribution in [-0.4, -0.2) is 78.9 Å². The lowest BCUT2D eigenvalue weighted by atomic mass is 9.81. The number of β-lactam (4-membered cyclic amide) rings is 1. The van der Waals surface area contributed by atoms with Gasteiger partial charge < -0.3 is 20.3 Å². The van der Waals surface area contributed by atoms with E-state index in [0.717, 1.165) is 0 Å². The monoisotopic (exact) mass is 572 g/mol. The molecule has 2 aliphatic heterocycles. The van der Waals surface area contributed by atoms with Gasteiger partial charge in [0.1, 0.15) is 18.2 Å². The first-order valence-corrected chi connectivity index (χ1v) is 11.7. The molecule has 0 spiro atoms. The third kappa shape index (κ3) is 5.83. The van der Waals surface area contributed by atoms with E-state index in [-0.39, 0.29) is 11.1 Å². The number of ketones is 1. The quantitative estimate of drug-likeness (QED) is 0.0742. The maximum absolute atomic E-state index is 13.3. The highest BCUT2D eigenvalue weighted by molar-refractivity contribution is 6.68. The number of alkyl halides is 3. The van der Waals surface area contributed by atoms with Crippen molar-refractivity contribution in [2.24, 2.45) is 5.92 Å². The molecule has 0 aromatic heterocycles. The van der Waals surface area contributed by atoms with Crippen LogP contribution in [0.2, 0.25) is 0 Å². The summed E-state index contributed by atoms with van der Waals surface area (Å²) < 4.78 is 7.87. The molecule has 12 nitrogen and oxygen atoms in total. The first kappa shape index (κ1) is 28.3. The Morgan fingerprint density at radius 1 is 1.08 bits per heavy atom. The molecule has 1 N–H and O–H groups in total. The SMILES string of the molecule is CC(C)(C)OC(=O)C(C(=O)C(=[N+]=[N-])C(=O)OCC(Cl)(Cl)Cl)[C@H]1NC(=O)[C@@H]1N1C(=O)c2ccccc2C1=O. The van der Waals surface area contributed by atoms with E-state index in [0.29, 0.717) is 4.90 Å². The average Bonchev–Trinajstić information content (AvgIpc) is 3.01. The molecular weight excluding hydrogens is 555 g/mol. The van der Waals surface area contributed by atoms with Crippen molar-refractivity contribution in [2.75, 3.05) is 6.61 Å². The lowest BCUT2D eigenvalue weighted by Crippen LogP contribution is -2.74. The van der Waals surface area contributed by atoms with Gasteiger partial charge >= 0.3 is 17.7 Å². The summed E-state index contributed by atoms with van der Waals surface area (Å²) in [5.74, 6) is -8.73. The zero-order chi connectivity index (χ0) is 27.9. The Bertz CT molecular complexity index is 1230. The summed E-state index contributed by atoms with van der Waals surface area (Å²) in [6, 6.07) is 2.65. The van der Waals surface area contributed by atoms with Crippen LogP contribution in [0.1, 0.15) is 41.5 Å². The number of nitrogens with one attached hydrogen (secondary N) is 1. The summed E-state index contributed by atoms with van der Waals surface area (Å²) in [5.41, 5.74) is 7.02. The predicted molar refractivity (Wildman–Crippen MR) is 127 cm³/mol. The number of amides is 3. The Morgan fingerprint density at radius 2 is 1.62 bits per heavy atom. The van der Waals surface area contributed by atoms with E-state index in [1.54, 1.807) is 0 Å². The van der Waals surface area contributed by atoms with Gasteiger partial charge in [0.15, 0.2) is 5.92 Å². The minimum Gasteiger partial charge on any atom is -0.459 e. The van der Waals surface area contributed by atoms with E-state index in [2.05, 4.69) is 14.8 Å². The van der Waals surface area contributed by atoms with Gasteiger partial charge in [-0.1, -0.05) is 46.9 Å². The van der Waals surface area contributed by atoms with Crippen molar-refractivity contribution in [2.45, 2.75) is 42.2 Å². The van der Waals surface area contributed by atoms with Crippen molar-refractivity contribution < 1.29 is 43.0 Å². The van der Waals surface area contributed by atoms with Crippen molar-refractivity contribution in [1.82, 2.24) is 10.2 Å². The van der Waals surface area contributed by atoms with E-state index < -0.39 is 75.2 Å². The van der Waals surface area contributed by atoms with E-state index in [9.17, 15) is 34.3 Å². The smallest absolute Gasteiger partial charge is 0.442 e. The molecule has 1 aromatic rings. The molecule has 2 heterocycles. The zero-order valence-electron chi connectivity index (χ0n) is 19.5. The largest absolute Gasteiger partial charge is 0.459 e. The van der Waals surface area contributed by atoms with Crippen molar-refractivity contribution in [3.05, 3.63) is 40.9 Å². The van der Waals surface area contributed by atoms with Gasteiger partial charge in [0.2, 0.25) is 9.70 Å². The molecular formula is C22H19Cl3N4O8. The van der Waals surface area contributed by atoms with Crippen LogP contribution in [0.25, 0.3) is 5.53 Å². The normalized spacial score (nSPS) is 19.7. The molecule has 0 radical (unpaired) electrons. The van der Waals surface area contributed by atoms with Gasteiger partial charge in [-0.3, -0.25) is 28.9 Å². The van der Waals surface area contributed by atoms with E-state index in [1.165, 1.54) is 45.0 Å². The van der Waals surface area contributed by atoms with Crippen LogP contribution < -0.4 is 5.32 Å². The number of halogens is 3. The number of hydrogen-bond donors (Lipinski definition) is 1. The summed E-state index contributed by atoms with van der Waals surface area (Å²) in [7, 11) is 0. The molecule has 3 amide bonds. The standard InChI is InChI=1S/C22H19Cl3N4O8/c1-21(2,3)37-19(34)11(15(30)13(28-26)20(35)36-8-22(23,24)25)12-14(16(31)27-12)29-17(32)9-6-4-5-7-10(9)18(29)33/h4-7,11-12,14H,8H2,1-3H3,(H,27,31)/t11?,12-,14-/m1/s1. The summed E-state index contributed by atoms with van der Waals surface area (Å²) in [5, 5.41) is 2.30. The number of hydrogen-bond acceptors (Lipinski definition) is 8. The topological polar surface area (TPSA) is 173 Å². The number of rotatable bonds is 7. The van der Waals surface area contributed by atoms with E-state index in [1.807, 2.05) is 0 Å². The van der Waals surface area contributed by atoms with Crippen LogP contribution in [0.4, 0.5) is 0 Å². The maximum Gasteiger partial charge on any atom is 0.442 e. The average molecular weight is 574 g/mol. The molecule has 1 fully saturated rings. The molecule has 2 aliphatic rings. The fourth-order valence-electron chi connectivity index (χ4n) is 3.74. The number of carbonyl (C=O) groups is 6. The molecule has 1 saturated heterocycles. The van der Waals surface area contributed by atoms with E-state index >= 15 is 0 Å². The van der Waals surface area contributed by atoms with Gasteiger partial charge in [0.05, 0.1) is 17.2 Å². The van der Waals surface area contributed by atoms with Crippen LogP contribution in [0.15, 0.2) is 24.3 Å². The molecule has 0 bridgehead atoms. The molecule has 0 aliphatic carbocycles. The zero-order valence-corrected chi connectivity index (χ0v) is 21.8. The van der Waals surface area contributed by atoms with Gasteiger partial charge in [-0.25, -0.2) is 4.79 Å². The highest BCUT2D eigenvalue weighted by atomic mass is 35.6. The van der Waals surface area contributed by atoms with Crippen LogP contribution in [0.5, 0.6) is 0 Å². The second-order valence-electron chi connectivity index (χ2n) is 9.02. The minimum atomic E-state index is -2.07. The number of fused-ring (bicyclic) bond motifs is 1. The van der Waals surface area contributed by atoms with Gasteiger partial charge in [0, 0.05) is 0 Å². The first-order valence-electron chi connectivity index (χ1n) is 10.6. The minimum absolute atomic E-state index is 0.0268. The third-order valence-electron chi connectivity index (χ3n) is 5.22. The summed E-state index contributed by atoms with van der Waals surface area (Å²) >= 11 is 16.6. The number of Topliss-reactive ketones (excluding diaryl/α,β-unsaturated/α-hetero) is 1. The second-order valence-corrected chi connectivity index (χ2v) is 11.5. The number of imide groups is 1. The Balaban J connectivity index is 1.98. The number of nitrogens with zero attached hydrogens (tertiary/aromatic N) is 3. The fourth-order valence-corrected chi connectivity index (χ4v) is 3.90. The van der Waals surface area contributed by atoms with Crippen LogP contribution in [0.3, 0.4) is 0 Å². The van der Waals surface area contributed by atoms with Crippen molar-refractivity contribution in [3.63, 3.8) is 0 Å². The van der Waals surface area contributed by atoms with Gasteiger partial charge in [-0.2, -0.15) is 4.79 Å². The Morgan fingerprint density at radius 3 is 2.05 bits per heavy atom. The number of ether oxygens (including phenoxy) is 2. The lowest BCUT2D eigenvalue weighted by molar-refractivity contribution is -0.166. The predicted octanol–water partition coefficient (Wildman–Crippen LogP) is 1.26. The number of esters is 2. The molecule has 0 saturated carbocycles. The molecule has 15 heteroatoms. The molecule has 1 aromatic carbocycles. The Kier molecular flexibility index (Phi) is 7.80. The lowest BCUT2D eigenvalue weighted by Gasteiger charge is -2.43. The summed E-state index contributed by atoms with van der Waals surface area (Å²) in [6.07, 6.45) is 0. The number of carbonyl (C=O) groups excluding carboxylic acids is 6. The van der Waals surface area contributed by atoms with E-state index in [4.69, 9.17) is 39.5 Å². The fraction of sp³-hybridized carbons (Fsp3) is 0.409.